The highest BCUT2D eigenvalue weighted by Crippen LogP contribution is 2.43. The van der Waals surface area contributed by atoms with Crippen LogP contribution in [0.3, 0.4) is 0 Å². The van der Waals surface area contributed by atoms with Gasteiger partial charge in [0.2, 0.25) is 0 Å². The zero-order valence-electron chi connectivity index (χ0n) is 15.9. The minimum atomic E-state index is -0.735. The molecule has 0 aliphatic carbocycles. The van der Waals surface area contributed by atoms with Gasteiger partial charge in [-0.3, -0.25) is 14.5 Å². The lowest BCUT2D eigenvalue weighted by Crippen LogP contribution is -2.32. The largest absolute Gasteiger partial charge is 0.503 e. The number of hydrogen-bond acceptors (Lipinski definition) is 4. The number of anilines is 1. The second-order valence-corrected chi connectivity index (χ2v) is 7.53. The van der Waals surface area contributed by atoms with Gasteiger partial charge in [-0.05, 0) is 17.7 Å². The Morgan fingerprint density at radius 3 is 2.33 bits per heavy atom. The van der Waals surface area contributed by atoms with Crippen molar-refractivity contribution in [1.82, 2.24) is 0 Å². The van der Waals surface area contributed by atoms with Gasteiger partial charge in [-0.15, -0.1) is 0 Å². The van der Waals surface area contributed by atoms with Crippen LogP contribution in [0.5, 0.6) is 5.75 Å². The van der Waals surface area contributed by atoms with Crippen LogP contribution >= 0.6 is 0 Å². The molecule has 1 amide bonds. The summed E-state index contributed by atoms with van der Waals surface area (Å²) in [5.74, 6) is -0.758. The molecule has 0 radical (unpaired) electrons. The maximum Gasteiger partial charge on any atom is 0.294 e. The average Bonchev–Trinajstić information content (AvgIpc) is 2.92. The number of Topliss-reactive ketones (excluding diaryl/α,β-unsaturated/α-hetero) is 1. The number of carbonyl (C=O) groups excluding carboxylic acids is 2. The third kappa shape index (κ3) is 3.33. The van der Waals surface area contributed by atoms with Gasteiger partial charge in [0.05, 0.1) is 18.7 Å². The first-order valence-electron chi connectivity index (χ1n) is 8.76. The predicted octanol–water partition coefficient (Wildman–Crippen LogP) is 4.21. The highest BCUT2D eigenvalue weighted by atomic mass is 16.5. The lowest BCUT2D eigenvalue weighted by Gasteiger charge is -2.29. The van der Waals surface area contributed by atoms with E-state index in [-0.39, 0.29) is 11.4 Å². The number of methoxy groups -OCH3 is 1. The SMILES string of the molecule is COc1cccc(N2C(=O)C(O)=C(C(=O)C(C)(C)C)C2c2ccccc2)c1. The van der Waals surface area contributed by atoms with Crippen molar-refractivity contribution in [3.05, 3.63) is 71.5 Å². The monoisotopic (exact) mass is 365 g/mol. The number of hydrogen-bond donors (Lipinski definition) is 1. The fourth-order valence-electron chi connectivity index (χ4n) is 3.22. The van der Waals surface area contributed by atoms with Gasteiger partial charge in [0.15, 0.2) is 11.5 Å². The van der Waals surface area contributed by atoms with E-state index in [4.69, 9.17) is 4.74 Å². The number of ether oxygens (including phenoxy) is 1. The lowest BCUT2D eigenvalue weighted by atomic mass is 9.82. The minimum absolute atomic E-state index is 0.126. The normalized spacial score (nSPS) is 17.4. The molecule has 0 aromatic heterocycles. The topological polar surface area (TPSA) is 66.8 Å². The summed E-state index contributed by atoms with van der Waals surface area (Å²) in [5.41, 5.74) is 0.699. The Morgan fingerprint density at radius 1 is 1.07 bits per heavy atom. The quantitative estimate of drug-likeness (QED) is 0.881. The molecule has 0 bridgehead atoms. The molecule has 1 unspecified atom stereocenters. The third-order valence-electron chi connectivity index (χ3n) is 4.58. The number of rotatable bonds is 4. The highest BCUT2D eigenvalue weighted by molar-refractivity contribution is 6.17. The number of benzene rings is 2. The van der Waals surface area contributed by atoms with E-state index in [0.717, 1.165) is 5.56 Å². The molecule has 0 spiro atoms. The van der Waals surface area contributed by atoms with Gasteiger partial charge in [-0.1, -0.05) is 57.2 Å². The summed E-state index contributed by atoms with van der Waals surface area (Å²) in [7, 11) is 1.55. The molecule has 1 atom stereocenters. The first-order valence-corrected chi connectivity index (χ1v) is 8.76. The summed E-state index contributed by atoms with van der Waals surface area (Å²) in [6, 6.07) is 15.6. The van der Waals surface area contributed by atoms with Gasteiger partial charge in [-0.2, -0.15) is 0 Å². The van der Waals surface area contributed by atoms with Crippen LogP contribution in [0.4, 0.5) is 5.69 Å². The number of nitrogens with zero attached hydrogens (tertiary/aromatic N) is 1. The number of carbonyl (C=O) groups is 2. The van der Waals surface area contributed by atoms with E-state index in [1.54, 1.807) is 52.1 Å². The van der Waals surface area contributed by atoms with Crippen molar-refractivity contribution < 1.29 is 19.4 Å². The first kappa shape index (κ1) is 18.7. The zero-order valence-corrected chi connectivity index (χ0v) is 15.9. The van der Waals surface area contributed by atoms with Crippen molar-refractivity contribution in [2.45, 2.75) is 26.8 Å². The van der Waals surface area contributed by atoms with Crippen LogP contribution in [0.15, 0.2) is 65.9 Å². The molecule has 0 saturated heterocycles. The van der Waals surface area contributed by atoms with E-state index in [9.17, 15) is 14.7 Å². The van der Waals surface area contributed by atoms with Crippen molar-refractivity contribution in [3.63, 3.8) is 0 Å². The molecule has 27 heavy (non-hydrogen) atoms. The van der Waals surface area contributed by atoms with Gasteiger partial charge in [0, 0.05) is 17.2 Å². The molecule has 140 valence electrons. The molecule has 1 N–H and O–H groups in total. The highest BCUT2D eigenvalue weighted by Gasteiger charge is 2.46. The van der Waals surface area contributed by atoms with Crippen LogP contribution in [0.1, 0.15) is 32.4 Å². The van der Waals surface area contributed by atoms with E-state index in [2.05, 4.69) is 0 Å². The van der Waals surface area contributed by atoms with E-state index >= 15 is 0 Å². The minimum Gasteiger partial charge on any atom is -0.503 e. The maximum absolute atomic E-state index is 13.1. The predicted molar refractivity (Wildman–Crippen MR) is 104 cm³/mol. The molecular formula is C22H23NO4. The maximum atomic E-state index is 13.1. The summed E-state index contributed by atoms with van der Waals surface area (Å²) in [5, 5.41) is 10.6. The van der Waals surface area contributed by atoms with Crippen molar-refractivity contribution in [3.8, 4) is 5.75 Å². The molecule has 3 rings (SSSR count). The van der Waals surface area contributed by atoms with Crippen molar-refractivity contribution in [2.75, 3.05) is 12.0 Å². The van der Waals surface area contributed by atoms with E-state index in [0.29, 0.717) is 11.4 Å². The standard InChI is InChI=1S/C22H23NO4/c1-22(2,3)20(25)17-18(14-9-6-5-7-10-14)23(21(26)19(17)24)15-11-8-12-16(13-15)27-4/h5-13,18,24H,1-4H3. The molecule has 0 saturated carbocycles. The molecule has 0 fully saturated rings. The fourth-order valence-corrected chi connectivity index (χ4v) is 3.22. The lowest BCUT2D eigenvalue weighted by molar-refractivity contribution is -0.123. The fraction of sp³-hybridized carbons (Fsp3) is 0.273. The number of ketones is 1. The van der Waals surface area contributed by atoms with Crippen LogP contribution in [0, 0.1) is 5.41 Å². The molecule has 5 nitrogen and oxygen atoms in total. The molecule has 1 heterocycles. The van der Waals surface area contributed by atoms with E-state index in [1.165, 1.54) is 4.90 Å². The Kier molecular flexibility index (Phi) is 4.79. The third-order valence-corrected chi connectivity index (χ3v) is 4.58. The number of aliphatic hydroxyl groups excluding tert-OH is 1. The first-order chi connectivity index (χ1) is 12.8. The summed E-state index contributed by atoms with van der Waals surface area (Å²) in [6.45, 7) is 5.32. The van der Waals surface area contributed by atoms with Crippen molar-refractivity contribution >= 4 is 17.4 Å². The molecule has 1 aliphatic heterocycles. The number of amides is 1. The molecular weight excluding hydrogens is 342 g/mol. The Bertz CT molecular complexity index is 909. The average molecular weight is 365 g/mol. The second-order valence-electron chi connectivity index (χ2n) is 7.53. The van der Waals surface area contributed by atoms with E-state index in [1.807, 2.05) is 30.3 Å². The Labute approximate surface area is 158 Å². The Morgan fingerprint density at radius 2 is 1.74 bits per heavy atom. The van der Waals surface area contributed by atoms with Gasteiger partial charge >= 0.3 is 0 Å². The van der Waals surface area contributed by atoms with Crippen LogP contribution in [0.25, 0.3) is 0 Å². The molecule has 2 aromatic rings. The Balaban J connectivity index is 2.19. The van der Waals surface area contributed by atoms with Crippen molar-refractivity contribution in [1.29, 1.82) is 0 Å². The van der Waals surface area contributed by atoms with Gasteiger partial charge in [0.25, 0.3) is 5.91 Å². The summed E-state index contributed by atoms with van der Waals surface area (Å²) < 4.78 is 5.26. The summed E-state index contributed by atoms with van der Waals surface area (Å²) >= 11 is 0. The smallest absolute Gasteiger partial charge is 0.294 e. The molecule has 2 aromatic carbocycles. The van der Waals surface area contributed by atoms with Gasteiger partial charge < -0.3 is 9.84 Å². The zero-order chi connectivity index (χ0) is 19.8. The van der Waals surface area contributed by atoms with Gasteiger partial charge in [-0.25, -0.2) is 0 Å². The summed E-state index contributed by atoms with van der Waals surface area (Å²) in [6.07, 6.45) is 0. The van der Waals surface area contributed by atoms with Crippen LogP contribution in [-0.4, -0.2) is 23.9 Å². The van der Waals surface area contributed by atoms with Gasteiger partial charge in [0.1, 0.15) is 5.75 Å². The van der Waals surface area contributed by atoms with Crippen LogP contribution in [-0.2, 0) is 9.59 Å². The van der Waals surface area contributed by atoms with Crippen LogP contribution < -0.4 is 9.64 Å². The molecule has 1 aliphatic rings. The van der Waals surface area contributed by atoms with Crippen molar-refractivity contribution in [2.24, 2.45) is 5.41 Å². The summed E-state index contributed by atoms with van der Waals surface area (Å²) in [4.78, 5) is 27.5. The van der Waals surface area contributed by atoms with Crippen LogP contribution in [0.2, 0.25) is 0 Å². The van der Waals surface area contributed by atoms with E-state index < -0.39 is 23.1 Å². The Hall–Kier alpha value is -3.08. The number of aliphatic hydroxyl groups is 1. The second kappa shape index (κ2) is 6.91. The molecule has 5 heteroatoms.